The highest BCUT2D eigenvalue weighted by Gasteiger charge is 2.64. The van der Waals surface area contributed by atoms with Crippen LogP contribution in [0.2, 0.25) is 0 Å². The Bertz CT molecular complexity index is 976. The minimum absolute atomic E-state index is 0.173. The van der Waals surface area contributed by atoms with Gasteiger partial charge >= 0.3 is 5.97 Å². The number of rotatable bonds is 5. The molecule has 1 aromatic carbocycles. The minimum atomic E-state index is -0.917. The SMILES string of the molecule is CCOC(=O)[C@H]1[C@@H]2C(=O)NC(=O)[C@@H]2[C@H](C2=C[C@H]3OC(C)(C)O[C@H]3O2)N1Cc1ccccc1. The van der Waals surface area contributed by atoms with Crippen molar-refractivity contribution in [2.45, 2.75) is 57.6 Å². The van der Waals surface area contributed by atoms with Gasteiger partial charge in [0.15, 0.2) is 5.79 Å². The standard InChI is InChI=1S/C23H26N2O7/c1-4-29-21(28)18-16-15(19(26)24-20(16)27)17(25(18)11-12-8-6-5-7-9-12)13-10-14-22(30-13)32-23(2,3)31-14/h5-10,14-18,22H,4,11H2,1-3H3,(H,24,26,27)/t14-,15+,16-,17+,18-,22-/m1/s1. The molecule has 1 aromatic rings. The van der Waals surface area contributed by atoms with Crippen LogP contribution >= 0.6 is 0 Å². The molecule has 5 rings (SSSR count). The van der Waals surface area contributed by atoms with Crippen LogP contribution in [-0.4, -0.2) is 59.6 Å². The number of nitrogens with zero attached hydrogens (tertiary/aromatic N) is 1. The summed E-state index contributed by atoms with van der Waals surface area (Å²) in [7, 11) is 0. The van der Waals surface area contributed by atoms with Gasteiger partial charge in [-0.2, -0.15) is 0 Å². The monoisotopic (exact) mass is 442 g/mol. The zero-order chi connectivity index (χ0) is 22.6. The third-order valence-electron chi connectivity index (χ3n) is 6.33. The lowest BCUT2D eigenvalue weighted by Crippen LogP contribution is -2.48. The van der Waals surface area contributed by atoms with Gasteiger partial charge in [-0.05, 0) is 32.4 Å². The van der Waals surface area contributed by atoms with E-state index >= 15 is 0 Å². The van der Waals surface area contributed by atoms with Crippen molar-refractivity contribution in [1.29, 1.82) is 0 Å². The van der Waals surface area contributed by atoms with Crippen molar-refractivity contribution in [3.05, 3.63) is 47.7 Å². The predicted molar refractivity (Wildman–Crippen MR) is 109 cm³/mol. The Balaban J connectivity index is 1.55. The molecular formula is C23H26N2O7. The minimum Gasteiger partial charge on any atom is -0.465 e. The summed E-state index contributed by atoms with van der Waals surface area (Å²) in [5.74, 6) is -3.37. The van der Waals surface area contributed by atoms with Crippen molar-refractivity contribution in [2.24, 2.45) is 11.8 Å². The molecule has 0 radical (unpaired) electrons. The third kappa shape index (κ3) is 3.41. The van der Waals surface area contributed by atoms with E-state index in [0.29, 0.717) is 12.3 Å². The summed E-state index contributed by atoms with van der Waals surface area (Å²) in [5.41, 5.74) is 0.937. The maximum atomic E-state index is 13.0. The number of benzene rings is 1. The Labute approximate surface area is 185 Å². The van der Waals surface area contributed by atoms with E-state index in [9.17, 15) is 14.4 Å². The molecule has 0 unspecified atom stereocenters. The van der Waals surface area contributed by atoms with Crippen molar-refractivity contribution >= 4 is 17.8 Å². The summed E-state index contributed by atoms with van der Waals surface area (Å²) in [6.45, 7) is 5.83. The van der Waals surface area contributed by atoms with Crippen LogP contribution in [-0.2, 0) is 39.9 Å². The highest BCUT2D eigenvalue weighted by Crippen LogP contribution is 2.47. The molecule has 1 N–H and O–H groups in total. The molecule has 2 amide bonds. The van der Waals surface area contributed by atoms with Crippen LogP contribution in [0, 0.1) is 11.8 Å². The summed E-state index contributed by atoms with van der Waals surface area (Å²) in [4.78, 5) is 40.5. The van der Waals surface area contributed by atoms with E-state index in [1.807, 2.05) is 35.2 Å². The second kappa shape index (κ2) is 7.68. The lowest BCUT2D eigenvalue weighted by Gasteiger charge is -2.32. The van der Waals surface area contributed by atoms with Gasteiger partial charge in [0.25, 0.3) is 0 Å². The van der Waals surface area contributed by atoms with Crippen LogP contribution in [0.5, 0.6) is 0 Å². The highest BCUT2D eigenvalue weighted by molar-refractivity contribution is 6.08. The molecule has 9 nitrogen and oxygen atoms in total. The summed E-state index contributed by atoms with van der Waals surface area (Å²) in [6.07, 6.45) is 0.723. The molecule has 0 bridgehead atoms. The Hall–Kier alpha value is -2.75. The maximum Gasteiger partial charge on any atom is 0.324 e. The number of imide groups is 1. The number of hydrogen-bond acceptors (Lipinski definition) is 8. The predicted octanol–water partition coefficient (Wildman–Crippen LogP) is 1.08. The van der Waals surface area contributed by atoms with E-state index in [4.69, 9.17) is 18.9 Å². The van der Waals surface area contributed by atoms with E-state index in [1.54, 1.807) is 26.8 Å². The summed E-state index contributed by atoms with van der Waals surface area (Å²) < 4.78 is 23.1. The van der Waals surface area contributed by atoms with Crippen LogP contribution in [0.1, 0.15) is 26.3 Å². The van der Waals surface area contributed by atoms with Crippen LogP contribution in [0.15, 0.2) is 42.2 Å². The highest BCUT2D eigenvalue weighted by atomic mass is 16.8. The second-order valence-corrected chi connectivity index (χ2v) is 8.86. The average molecular weight is 442 g/mol. The fourth-order valence-electron chi connectivity index (χ4n) is 5.19. The van der Waals surface area contributed by atoms with Gasteiger partial charge in [0.1, 0.15) is 17.9 Å². The molecule has 0 aliphatic carbocycles. The van der Waals surface area contributed by atoms with Crippen LogP contribution in [0.4, 0.5) is 0 Å². The first-order chi connectivity index (χ1) is 15.3. The lowest BCUT2D eigenvalue weighted by molar-refractivity contribution is -0.184. The Morgan fingerprint density at radius 3 is 2.53 bits per heavy atom. The Kier molecular flexibility index (Phi) is 5.07. The normalized spacial score (nSPS) is 35.2. The van der Waals surface area contributed by atoms with Crippen molar-refractivity contribution in [3.63, 3.8) is 0 Å². The number of carbonyl (C=O) groups is 3. The number of esters is 1. The van der Waals surface area contributed by atoms with E-state index in [1.165, 1.54) is 0 Å². The Morgan fingerprint density at radius 1 is 1.12 bits per heavy atom. The number of hydrogen-bond donors (Lipinski definition) is 1. The quantitative estimate of drug-likeness (QED) is 0.534. The van der Waals surface area contributed by atoms with Gasteiger partial charge in [-0.1, -0.05) is 30.3 Å². The number of likely N-dealkylation sites (tertiary alicyclic amines) is 1. The van der Waals surface area contributed by atoms with E-state index in [2.05, 4.69) is 5.32 Å². The number of fused-ring (bicyclic) bond motifs is 2. The number of carbonyl (C=O) groups excluding carboxylic acids is 3. The molecule has 9 heteroatoms. The largest absolute Gasteiger partial charge is 0.465 e. The van der Waals surface area contributed by atoms with Gasteiger partial charge in [0.2, 0.25) is 18.1 Å². The summed E-state index contributed by atoms with van der Waals surface area (Å²) in [5, 5.41) is 2.39. The van der Waals surface area contributed by atoms with Gasteiger partial charge in [-0.15, -0.1) is 0 Å². The van der Waals surface area contributed by atoms with Crippen LogP contribution < -0.4 is 5.32 Å². The van der Waals surface area contributed by atoms with Crippen molar-refractivity contribution in [2.75, 3.05) is 6.61 Å². The molecule has 0 spiro atoms. The summed E-state index contributed by atoms with van der Waals surface area (Å²) >= 11 is 0. The lowest BCUT2D eigenvalue weighted by atomic mass is 9.88. The fraction of sp³-hybridized carbons (Fsp3) is 0.522. The zero-order valence-corrected chi connectivity index (χ0v) is 18.1. The Morgan fingerprint density at radius 2 is 1.84 bits per heavy atom. The fourth-order valence-corrected chi connectivity index (χ4v) is 5.19. The summed E-state index contributed by atoms with van der Waals surface area (Å²) in [6, 6.07) is 8.02. The average Bonchev–Trinajstić information content (AvgIpc) is 3.41. The van der Waals surface area contributed by atoms with E-state index < -0.39 is 59.9 Å². The molecule has 0 aromatic heterocycles. The maximum absolute atomic E-state index is 13.0. The van der Waals surface area contributed by atoms with E-state index in [0.717, 1.165) is 5.56 Å². The van der Waals surface area contributed by atoms with Gasteiger partial charge in [0, 0.05) is 6.54 Å². The van der Waals surface area contributed by atoms with Crippen LogP contribution in [0.25, 0.3) is 0 Å². The first-order valence-electron chi connectivity index (χ1n) is 10.8. The van der Waals surface area contributed by atoms with E-state index in [-0.39, 0.29) is 6.61 Å². The topological polar surface area (TPSA) is 103 Å². The molecule has 4 heterocycles. The van der Waals surface area contributed by atoms with Gasteiger partial charge in [-0.25, -0.2) is 0 Å². The van der Waals surface area contributed by atoms with Crippen molar-refractivity contribution in [1.82, 2.24) is 10.2 Å². The van der Waals surface area contributed by atoms with Gasteiger partial charge in [-0.3, -0.25) is 24.6 Å². The first-order valence-corrected chi connectivity index (χ1v) is 10.8. The molecule has 6 atom stereocenters. The van der Waals surface area contributed by atoms with Crippen LogP contribution in [0.3, 0.4) is 0 Å². The van der Waals surface area contributed by atoms with Gasteiger partial charge in [0.05, 0.1) is 24.5 Å². The number of ether oxygens (including phenoxy) is 4. The molecule has 3 fully saturated rings. The molecule has 4 aliphatic rings. The first kappa shape index (κ1) is 21.1. The second-order valence-electron chi connectivity index (χ2n) is 8.86. The molecule has 32 heavy (non-hydrogen) atoms. The zero-order valence-electron chi connectivity index (χ0n) is 18.1. The molecule has 170 valence electrons. The van der Waals surface area contributed by atoms with Crippen molar-refractivity contribution < 1.29 is 33.3 Å². The van der Waals surface area contributed by atoms with Gasteiger partial charge < -0.3 is 18.9 Å². The smallest absolute Gasteiger partial charge is 0.324 e. The molecule has 3 saturated heterocycles. The molecular weight excluding hydrogens is 416 g/mol. The molecule has 0 saturated carbocycles. The third-order valence-corrected chi connectivity index (χ3v) is 6.33. The number of nitrogens with one attached hydrogen (secondary N) is 1. The molecule has 4 aliphatic heterocycles. The van der Waals surface area contributed by atoms with Crippen molar-refractivity contribution in [3.8, 4) is 0 Å². The number of amides is 2.